The zero-order chi connectivity index (χ0) is 18.4. The van der Waals surface area contributed by atoms with Crippen molar-refractivity contribution in [1.82, 2.24) is 0 Å². The molecule has 5 rings (SSSR count). The van der Waals surface area contributed by atoms with E-state index in [1.165, 1.54) is 37.5 Å². The fourth-order valence-corrected chi connectivity index (χ4v) is 6.64. The number of hydrogen-bond acceptors (Lipinski definition) is 0. The van der Waals surface area contributed by atoms with Crippen molar-refractivity contribution in [3.8, 4) is 0 Å². The highest BCUT2D eigenvalue weighted by Crippen LogP contribution is 2.55. The van der Waals surface area contributed by atoms with Crippen LogP contribution in [0.25, 0.3) is 5.57 Å². The van der Waals surface area contributed by atoms with Crippen LogP contribution in [0.3, 0.4) is 0 Å². The topological polar surface area (TPSA) is 0 Å². The van der Waals surface area contributed by atoms with Crippen molar-refractivity contribution < 1.29 is 0 Å². The van der Waals surface area contributed by atoms with Gasteiger partial charge in [0, 0.05) is 8.96 Å². The van der Waals surface area contributed by atoms with Crippen molar-refractivity contribution >= 4 is 52.2 Å². The predicted molar refractivity (Wildman–Crippen MR) is 123 cm³/mol. The third-order valence-electron chi connectivity index (χ3n) is 5.37. The van der Waals surface area contributed by atoms with Crippen LogP contribution in [0.1, 0.15) is 22.3 Å². The molecule has 0 atom stereocenters. The van der Waals surface area contributed by atoms with Crippen LogP contribution in [0.2, 0.25) is 0 Å². The summed E-state index contributed by atoms with van der Waals surface area (Å²) in [6.45, 7) is 0. The minimum Gasteiger partial charge on any atom is -0.0626 e. The summed E-state index contributed by atoms with van der Waals surface area (Å²) >= 11 is 7.40. The minimum absolute atomic E-state index is 0.243. The molecule has 3 aromatic carbocycles. The minimum atomic E-state index is -0.243. The third kappa shape index (κ3) is 2.56. The zero-order valence-electron chi connectivity index (χ0n) is 14.4. The monoisotopic (exact) mass is 489 g/mol. The van der Waals surface area contributed by atoms with Crippen LogP contribution < -0.4 is 0 Å². The molecule has 1 aliphatic carbocycles. The Morgan fingerprint density at radius 2 is 1.37 bits per heavy atom. The molecular formula is C24H15Br2Si. The molecule has 0 saturated heterocycles. The van der Waals surface area contributed by atoms with E-state index in [4.69, 9.17) is 0 Å². The van der Waals surface area contributed by atoms with Gasteiger partial charge in [-0.3, -0.25) is 0 Å². The first-order valence-electron chi connectivity index (χ1n) is 8.84. The van der Waals surface area contributed by atoms with Crippen LogP contribution in [0.15, 0.2) is 99.1 Å². The average Bonchev–Trinajstić information content (AvgIpc) is 2.99. The molecule has 1 radical (unpaired) electrons. The molecule has 0 unspecified atom stereocenters. The molecule has 0 N–H and O–H groups in total. The second kappa shape index (κ2) is 6.66. The van der Waals surface area contributed by atoms with E-state index in [2.05, 4.69) is 122 Å². The lowest BCUT2D eigenvalue weighted by Crippen LogP contribution is -2.31. The molecule has 2 aliphatic rings. The van der Waals surface area contributed by atoms with E-state index in [9.17, 15) is 0 Å². The van der Waals surface area contributed by atoms with E-state index in [1.54, 1.807) is 0 Å². The molecule has 0 nitrogen and oxygen atoms in total. The van der Waals surface area contributed by atoms with Crippen molar-refractivity contribution in [2.24, 2.45) is 0 Å². The molecular weight excluding hydrogens is 476 g/mol. The average molecular weight is 491 g/mol. The standard InChI is InChI=1S/C24H15Br2Si/c25-18-11-12-22-20(13-18)21-14-19(26)15-27-23(21)24(22,16-7-3-1-4-8-16)17-9-5-2-6-10-17/h1-15H. The lowest BCUT2D eigenvalue weighted by atomic mass is 9.71. The normalized spacial score (nSPS) is 16.7. The molecule has 3 aromatic rings. The summed E-state index contributed by atoms with van der Waals surface area (Å²) in [6, 6.07) is 28.6. The van der Waals surface area contributed by atoms with Crippen LogP contribution in [0.5, 0.6) is 0 Å². The molecule has 1 heterocycles. The highest BCUT2D eigenvalue weighted by molar-refractivity contribution is 9.12. The van der Waals surface area contributed by atoms with Crippen molar-refractivity contribution in [2.45, 2.75) is 5.41 Å². The molecule has 0 spiro atoms. The van der Waals surface area contributed by atoms with Gasteiger partial charge in [0.05, 0.1) is 14.5 Å². The van der Waals surface area contributed by atoms with Crippen LogP contribution >= 0.6 is 31.9 Å². The van der Waals surface area contributed by atoms with Gasteiger partial charge in [0.25, 0.3) is 0 Å². The summed E-state index contributed by atoms with van der Waals surface area (Å²) in [7, 11) is 0.636. The van der Waals surface area contributed by atoms with Crippen LogP contribution in [0.4, 0.5) is 0 Å². The van der Waals surface area contributed by atoms with E-state index in [0.717, 1.165) is 4.47 Å². The Morgan fingerprint density at radius 1 is 0.741 bits per heavy atom. The number of hydrogen-bond donors (Lipinski definition) is 0. The Labute approximate surface area is 178 Å². The van der Waals surface area contributed by atoms with E-state index in [-0.39, 0.29) is 5.41 Å². The van der Waals surface area contributed by atoms with Gasteiger partial charge in [0.1, 0.15) is 0 Å². The SMILES string of the molecule is BrC1=CC2=C([Si]=C1)C(c1ccccc1)(c1ccccc1)c1ccc(Br)cc12. The van der Waals surface area contributed by atoms with Gasteiger partial charge in [-0.15, -0.1) is 0 Å². The number of allylic oxidation sites excluding steroid dienone is 4. The van der Waals surface area contributed by atoms with Crippen molar-refractivity contribution in [3.63, 3.8) is 0 Å². The van der Waals surface area contributed by atoms with Gasteiger partial charge in [-0.05, 0) is 51.2 Å². The Balaban J connectivity index is 1.96. The molecule has 0 aromatic heterocycles. The second-order valence-corrected chi connectivity index (χ2v) is 9.69. The fraction of sp³-hybridized carbons (Fsp3) is 0.0417. The summed E-state index contributed by atoms with van der Waals surface area (Å²) in [6.07, 6.45) is 2.28. The number of rotatable bonds is 2. The summed E-state index contributed by atoms with van der Waals surface area (Å²) < 4.78 is 2.29. The van der Waals surface area contributed by atoms with Gasteiger partial charge < -0.3 is 0 Å². The molecule has 3 heteroatoms. The largest absolute Gasteiger partial charge is 0.0674 e. The Hall–Kier alpha value is -1.81. The first-order chi connectivity index (χ1) is 13.2. The maximum absolute atomic E-state index is 3.71. The van der Waals surface area contributed by atoms with Crippen LogP contribution in [-0.2, 0) is 5.41 Å². The fourth-order valence-electron chi connectivity index (χ4n) is 4.34. The zero-order valence-corrected chi connectivity index (χ0v) is 18.6. The first kappa shape index (κ1) is 17.3. The maximum Gasteiger partial charge on any atom is 0.0674 e. The van der Waals surface area contributed by atoms with Gasteiger partial charge in [-0.1, -0.05) is 104 Å². The molecule has 27 heavy (non-hydrogen) atoms. The third-order valence-corrected chi connectivity index (χ3v) is 8.13. The number of halogens is 2. The lowest BCUT2D eigenvalue weighted by Gasteiger charge is -2.35. The summed E-state index contributed by atoms with van der Waals surface area (Å²) in [5, 5.41) is 1.48. The highest BCUT2D eigenvalue weighted by atomic mass is 79.9. The van der Waals surface area contributed by atoms with E-state index >= 15 is 0 Å². The van der Waals surface area contributed by atoms with Crippen molar-refractivity contribution in [3.05, 3.63) is 121 Å². The van der Waals surface area contributed by atoms with E-state index in [0.29, 0.717) is 9.13 Å². The lowest BCUT2D eigenvalue weighted by molar-refractivity contribution is 0.778. The molecule has 0 saturated carbocycles. The quantitative estimate of drug-likeness (QED) is 0.369. The van der Waals surface area contributed by atoms with Crippen LogP contribution in [-0.4, -0.2) is 14.8 Å². The van der Waals surface area contributed by atoms with Crippen LogP contribution in [0, 0.1) is 0 Å². The predicted octanol–water partition coefficient (Wildman–Crippen LogP) is 6.31. The van der Waals surface area contributed by atoms with Crippen molar-refractivity contribution in [2.75, 3.05) is 0 Å². The van der Waals surface area contributed by atoms with Gasteiger partial charge in [0.15, 0.2) is 0 Å². The van der Waals surface area contributed by atoms with Gasteiger partial charge >= 0.3 is 0 Å². The van der Waals surface area contributed by atoms with Gasteiger partial charge in [-0.25, -0.2) is 0 Å². The molecule has 0 fully saturated rings. The Bertz CT molecular complexity index is 1090. The summed E-state index contributed by atoms with van der Waals surface area (Å²) in [5.41, 5.74) is 8.77. The smallest absolute Gasteiger partial charge is 0.0626 e. The number of benzene rings is 3. The van der Waals surface area contributed by atoms with E-state index in [1.807, 2.05) is 0 Å². The molecule has 129 valence electrons. The van der Waals surface area contributed by atoms with Crippen molar-refractivity contribution in [1.29, 1.82) is 0 Å². The summed E-state index contributed by atoms with van der Waals surface area (Å²) in [4.78, 5) is 0. The summed E-state index contributed by atoms with van der Waals surface area (Å²) in [5.74, 6) is 0. The second-order valence-electron chi connectivity index (χ2n) is 6.78. The molecule has 1 aliphatic heterocycles. The first-order valence-corrected chi connectivity index (χ1v) is 11.5. The highest BCUT2D eigenvalue weighted by Gasteiger charge is 2.46. The van der Waals surface area contributed by atoms with Gasteiger partial charge in [-0.2, -0.15) is 0 Å². The maximum atomic E-state index is 3.71. The Morgan fingerprint density at radius 3 is 2.00 bits per heavy atom. The van der Waals surface area contributed by atoms with E-state index < -0.39 is 0 Å². The molecule has 0 bridgehead atoms. The Kier molecular flexibility index (Phi) is 4.27. The number of fused-ring (bicyclic) bond motifs is 2. The molecule has 0 amide bonds. The van der Waals surface area contributed by atoms with Gasteiger partial charge in [0.2, 0.25) is 0 Å².